The lowest BCUT2D eigenvalue weighted by Crippen LogP contribution is -2.32. The van der Waals surface area contributed by atoms with E-state index in [1.807, 2.05) is 4.72 Å². The average molecular weight is 291 g/mol. The van der Waals surface area contributed by atoms with Crippen molar-refractivity contribution in [1.82, 2.24) is 0 Å². The van der Waals surface area contributed by atoms with Crippen LogP contribution in [0.1, 0.15) is 17.3 Å². The fourth-order valence-corrected chi connectivity index (χ4v) is 2.04. The van der Waals surface area contributed by atoms with Crippen molar-refractivity contribution in [2.24, 2.45) is 0 Å². The number of aromatic carboxylic acids is 1. The Morgan fingerprint density at radius 3 is 2.37 bits per heavy atom. The van der Waals surface area contributed by atoms with Gasteiger partial charge in [0.25, 0.3) is 0 Å². The maximum absolute atomic E-state index is 13.1. The highest BCUT2D eigenvalue weighted by Gasteiger charge is 2.27. The van der Waals surface area contributed by atoms with Crippen LogP contribution in [0.25, 0.3) is 0 Å². The summed E-state index contributed by atoms with van der Waals surface area (Å²) in [4.78, 5) is 21.3. The molecule has 1 aromatic carbocycles. The highest BCUT2D eigenvalue weighted by molar-refractivity contribution is 7.94. The minimum atomic E-state index is -4.23. The number of rotatable bonds is 5. The number of nitrogens with one attached hydrogen (secondary N) is 1. The highest BCUT2D eigenvalue weighted by atomic mass is 32.2. The number of carboxylic acid groups (broad SMARTS) is 2. The van der Waals surface area contributed by atoms with Crippen LogP contribution < -0.4 is 4.72 Å². The SMILES string of the molecule is CC(C(=O)O)S(=O)(=O)Nc1ccc(F)c(C(=O)O)c1. The third kappa shape index (κ3) is 3.41. The van der Waals surface area contributed by atoms with E-state index in [4.69, 9.17) is 10.2 Å². The molecule has 0 radical (unpaired) electrons. The number of carbonyl (C=O) groups is 2. The zero-order valence-corrected chi connectivity index (χ0v) is 10.4. The first kappa shape index (κ1) is 14.9. The first-order valence-electron chi connectivity index (χ1n) is 4.92. The van der Waals surface area contributed by atoms with Crippen LogP contribution in [0.5, 0.6) is 0 Å². The Balaban J connectivity index is 3.11. The van der Waals surface area contributed by atoms with Crippen molar-refractivity contribution in [3.63, 3.8) is 0 Å². The summed E-state index contributed by atoms with van der Waals surface area (Å²) in [7, 11) is -4.23. The maximum Gasteiger partial charge on any atom is 0.338 e. The van der Waals surface area contributed by atoms with Gasteiger partial charge in [-0.15, -0.1) is 0 Å². The van der Waals surface area contributed by atoms with Crippen LogP contribution in [-0.4, -0.2) is 35.8 Å². The van der Waals surface area contributed by atoms with Crippen LogP contribution >= 0.6 is 0 Å². The summed E-state index contributed by atoms with van der Waals surface area (Å²) in [5.41, 5.74) is -0.949. The molecule has 0 aliphatic rings. The molecule has 0 saturated heterocycles. The molecule has 0 aromatic heterocycles. The third-order valence-corrected chi connectivity index (χ3v) is 3.92. The smallest absolute Gasteiger partial charge is 0.338 e. The van der Waals surface area contributed by atoms with Crippen LogP contribution in [0.2, 0.25) is 0 Å². The largest absolute Gasteiger partial charge is 0.480 e. The minimum Gasteiger partial charge on any atom is -0.480 e. The Labute approximate surface area is 107 Å². The van der Waals surface area contributed by atoms with E-state index in [1.165, 1.54) is 0 Å². The molecule has 7 nitrogen and oxygen atoms in total. The van der Waals surface area contributed by atoms with Crippen molar-refractivity contribution < 1.29 is 32.6 Å². The number of hydrogen-bond donors (Lipinski definition) is 3. The monoisotopic (exact) mass is 291 g/mol. The van der Waals surface area contributed by atoms with E-state index in [2.05, 4.69) is 0 Å². The summed E-state index contributed by atoms with van der Waals surface area (Å²) >= 11 is 0. The van der Waals surface area contributed by atoms with E-state index in [0.29, 0.717) is 0 Å². The summed E-state index contributed by atoms with van der Waals surface area (Å²) in [6.45, 7) is 0.951. The molecule has 0 fully saturated rings. The fourth-order valence-electron chi connectivity index (χ4n) is 1.14. The Bertz CT molecular complexity index is 627. The third-order valence-electron chi connectivity index (χ3n) is 2.27. The summed E-state index contributed by atoms with van der Waals surface area (Å²) in [5.74, 6) is -4.15. The van der Waals surface area contributed by atoms with Crippen LogP contribution in [0, 0.1) is 5.82 Å². The second kappa shape index (κ2) is 5.22. The van der Waals surface area contributed by atoms with Gasteiger partial charge < -0.3 is 10.2 Å². The van der Waals surface area contributed by atoms with Gasteiger partial charge in [0.1, 0.15) is 5.82 Å². The summed E-state index contributed by atoms with van der Waals surface area (Å²) in [6, 6.07) is 2.53. The second-order valence-corrected chi connectivity index (χ2v) is 5.63. The molecule has 0 aliphatic heterocycles. The fraction of sp³-hybridized carbons (Fsp3) is 0.200. The molecule has 9 heteroatoms. The van der Waals surface area contributed by atoms with Crippen LogP contribution in [0.15, 0.2) is 18.2 Å². The van der Waals surface area contributed by atoms with Crippen molar-refractivity contribution in [1.29, 1.82) is 0 Å². The molecule has 104 valence electrons. The van der Waals surface area contributed by atoms with E-state index in [-0.39, 0.29) is 5.69 Å². The molecule has 1 unspecified atom stereocenters. The number of aliphatic carboxylic acids is 1. The molecule has 1 aromatic rings. The molecule has 1 rings (SSSR count). The number of carboxylic acids is 2. The van der Waals surface area contributed by atoms with Gasteiger partial charge in [-0.1, -0.05) is 0 Å². The molecule has 3 N–H and O–H groups in total. The Morgan fingerprint density at radius 1 is 1.32 bits per heavy atom. The van der Waals surface area contributed by atoms with E-state index in [1.54, 1.807) is 0 Å². The Morgan fingerprint density at radius 2 is 1.89 bits per heavy atom. The van der Waals surface area contributed by atoms with Crippen molar-refractivity contribution in [2.45, 2.75) is 12.2 Å². The Kier molecular flexibility index (Phi) is 4.10. The predicted octanol–water partition coefficient (Wildman–Crippen LogP) is 0.739. The quantitative estimate of drug-likeness (QED) is 0.735. The van der Waals surface area contributed by atoms with E-state index < -0.39 is 38.6 Å². The molecule has 0 spiro atoms. The van der Waals surface area contributed by atoms with E-state index in [9.17, 15) is 22.4 Å². The van der Waals surface area contributed by atoms with Gasteiger partial charge in [-0.2, -0.15) is 0 Å². The molecule has 0 bridgehead atoms. The molecule has 19 heavy (non-hydrogen) atoms. The zero-order valence-electron chi connectivity index (χ0n) is 9.62. The molecule has 1 atom stereocenters. The van der Waals surface area contributed by atoms with Crippen molar-refractivity contribution in [2.75, 3.05) is 4.72 Å². The molecular weight excluding hydrogens is 281 g/mol. The van der Waals surface area contributed by atoms with Crippen LogP contribution in [0.4, 0.5) is 10.1 Å². The minimum absolute atomic E-state index is 0.230. The normalized spacial score (nSPS) is 12.7. The molecule has 0 heterocycles. The van der Waals surface area contributed by atoms with Crippen molar-refractivity contribution in [3.8, 4) is 0 Å². The number of anilines is 1. The topological polar surface area (TPSA) is 121 Å². The summed E-state index contributed by atoms with van der Waals surface area (Å²) < 4.78 is 38.1. The van der Waals surface area contributed by atoms with Gasteiger partial charge >= 0.3 is 11.9 Å². The molecular formula is C10H10FNO6S. The molecule has 0 saturated carbocycles. The van der Waals surface area contributed by atoms with Crippen LogP contribution in [0.3, 0.4) is 0 Å². The van der Waals surface area contributed by atoms with Crippen molar-refractivity contribution >= 4 is 27.6 Å². The standard InChI is InChI=1S/C10H10FNO6S/c1-5(9(13)14)19(17,18)12-6-2-3-8(11)7(4-6)10(15)16/h2-5,12H,1H3,(H,13,14)(H,15,16). The first-order valence-corrected chi connectivity index (χ1v) is 6.47. The van der Waals surface area contributed by atoms with E-state index >= 15 is 0 Å². The second-order valence-electron chi connectivity index (χ2n) is 3.63. The summed E-state index contributed by atoms with van der Waals surface area (Å²) in [6.07, 6.45) is 0. The number of hydrogen-bond acceptors (Lipinski definition) is 4. The van der Waals surface area contributed by atoms with Gasteiger partial charge in [0.05, 0.1) is 5.56 Å². The van der Waals surface area contributed by atoms with Gasteiger partial charge in [0.15, 0.2) is 5.25 Å². The first-order chi connectivity index (χ1) is 8.65. The average Bonchev–Trinajstić information content (AvgIpc) is 2.29. The van der Waals surface area contributed by atoms with E-state index in [0.717, 1.165) is 25.1 Å². The lowest BCUT2D eigenvalue weighted by molar-refractivity contribution is -0.136. The van der Waals surface area contributed by atoms with Gasteiger partial charge in [0, 0.05) is 5.69 Å². The molecule has 0 aliphatic carbocycles. The van der Waals surface area contributed by atoms with Gasteiger partial charge in [-0.05, 0) is 25.1 Å². The van der Waals surface area contributed by atoms with Gasteiger partial charge in [0.2, 0.25) is 10.0 Å². The zero-order chi connectivity index (χ0) is 14.8. The Hall–Kier alpha value is -2.16. The molecule has 0 amide bonds. The predicted molar refractivity (Wildman–Crippen MR) is 63.0 cm³/mol. The maximum atomic E-state index is 13.1. The summed E-state index contributed by atoms with van der Waals surface area (Å²) in [5, 5.41) is 15.6. The lowest BCUT2D eigenvalue weighted by atomic mass is 10.2. The number of sulfonamides is 1. The van der Waals surface area contributed by atoms with Crippen molar-refractivity contribution in [3.05, 3.63) is 29.6 Å². The van der Waals surface area contributed by atoms with Gasteiger partial charge in [-0.25, -0.2) is 17.6 Å². The highest BCUT2D eigenvalue weighted by Crippen LogP contribution is 2.17. The van der Waals surface area contributed by atoms with Gasteiger partial charge in [-0.3, -0.25) is 9.52 Å². The van der Waals surface area contributed by atoms with Crippen LogP contribution in [-0.2, 0) is 14.8 Å². The number of benzene rings is 1. The number of halogens is 1. The lowest BCUT2D eigenvalue weighted by Gasteiger charge is -2.11.